The molecule has 0 aliphatic carbocycles. The number of likely N-dealkylation sites (tertiary alicyclic amines) is 1. The van der Waals surface area contributed by atoms with Gasteiger partial charge in [-0.25, -0.2) is 0 Å². The van der Waals surface area contributed by atoms with Gasteiger partial charge < -0.3 is 9.42 Å². The maximum Gasteiger partial charge on any atom is 0.236 e. The minimum atomic E-state index is 0.316. The molecule has 24 heavy (non-hydrogen) atoms. The minimum absolute atomic E-state index is 0.316. The summed E-state index contributed by atoms with van der Waals surface area (Å²) in [7, 11) is 0. The van der Waals surface area contributed by atoms with Crippen molar-refractivity contribution in [3.05, 3.63) is 17.0 Å². The van der Waals surface area contributed by atoms with Gasteiger partial charge in [0, 0.05) is 51.4 Å². The quantitative estimate of drug-likeness (QED) is 0.840. The van der Waals surface area contributed by atoms with Gasteiger partial charge in [-0.3, -0.25) is 14.6 Å². The summed E-state index contributed by atoms with van der Waals surface area (Å²) in [6.45, 7) is 11.3. The Kier molecular flexibility index (Phi) is 5.89. The zero-order chi connectivity index (χ0) is 16.9. The number of amides is 1. The van der Waals surface area contributed by atoms with Crippen LogP contribution in [-0.2, 0) is 11.3 Å². The third-order valence-electron chi connectivity index (χ3n) is 5.35. The molecule has 134 valence electrons. The molecule has 0 bridgehead atoms. The Bertz CT molecular complexity index is 522. The van der Waals surface area contributed by atoms with Crippen LogP contribution in [0.25, 0.3) is 0 Å². The van der Waals surface area contributed by atoms with Crippen LogP contribution in [0.5, 0.6) is 0 Å². The average molecular weight is 334 g/mol. The van der Waals surface area contributed by atoms with Crippen LogP contribution in [0.2, 0.25) is 0 Å². The number of piperazine rings is 1. The van der Waals surface area contributed by atoms with Crippen molar-refractivity contribution in [2.45, 2.75) is 46.1 Å². The van der Waals surface area contributed by atoms with Gasteiger partial charge in [-0.2, -0.15) is 0 Å². The van der Waals surface area contributed by atoms with Crippen LogP contribution in [-0.4, -0.2) is 71.6 Å². The van der Waals surface area contributed by atoms with Gasteiger partial charge in [0.15, 0.2) is 0 Å². The average Bonchev–Trinajstić information content (AvgIpc) is 2.81. The molecule has 2 fully saturated rings. The van der Waals surface area contributed by atoms with Crippen molar-refractivity contribution < 1.29 is 9.32 Å². The molecule has 3 heterocycles. The van der Waals surface area contributed by atoms with E-state index in [4.69, 9.17) is 4.52 Å². The fourth-order valence-electron chi connectivity index (χ4n) is 3.67. The highest BCUT2D eigenvalue weighted by Crippen LogP contribution is 2.16. The van der Waals surface area contributed by atoms with E-state index in [1.165, 1.54) is 18.4 Å². The first-order chi connectivity index (χ1) is 11.6. The van der Waals surface area contributed by atoms with Gasteiger partial charge in [0.25, 0.3) is 0 Å². The van der Waals surface area contributed by atoms with E-state index in [-0.39, 0.29) is 0 Å². The number of nitrogens with zero attached hydrogens (tertiary/aromatic N) is 4. The van der Waals surface area contributed by atoms with Gasteiger partial charge in [0.2, 0.25) is 5.91 Å². The van der Waals surface area contributed by atoms with Crippen LogP contribution in [0.4, 0.5) is 0 Å². The van der Waals surface area contributed by atoms with Crippen LogP contribution in [0.15, 0.2) is 4.52 Å². The predicted molar refractivity (Wildman–Crippen MR) is 92.7 cm³/mol. The van der Waals surface area contributed by atoms with Gasteiger partial charge in [0.1, 0.15) is 5.76 Å². The Morgan fingerprint density at radius 1 is 0.958 bits per heavy atom. The normalized spacial score (nSPS) is 21.0. The van der Waals surface area contributed by atoms with Crippen molar-refractivity contribution in [2.75, 3.05) is 45.8 Å². The number of hydrogen-bond acceptors (Lipinski definition) is 5. The maximum absolute atomic E-state index is 12.5. The number of aryl methyl sites for hydroxylation is 2. The Balaban J connectivity index is 1.44. The predicted octanol–water partition coefficient (Wildman–Crippen LogP) is 1.81. The number of carbonyl (C=O) groups excluding carboxylic acids is 1. The lowest BCUT2D eigenvalue weighted by Gasteiger charge is -2.35. The fraction of sp³-hybridized carbons (Fsp3) is 0.778. The summed E-state index contributed by atoms with van der Waals surface area (Å²) in [4.78, 5) is 19.3. The van der Waals surface area contributed by atoms with E-state index in [1.54, 1.807) is 0 Å². The topological polar surface area (TPSA) is 52.8 Å². The number of aromatic nitrogens is 1. The summed E-state index contributed by atoms with van der Waals surface area (Å²) in [5.41, 5.74) is 2.20. The monoisotopic (exact) mass is 334 g/mol. The molecule has 2 aliphatic rings. The second-order valence-corrected chi connectivity index (χ2v) is 7.15. The summed E-state index contributed by atoms with van der Waals surface area (Å²) in [5, 5.41) is 4.03. The van der Waals surface area contributed by atoms with Gasteiger partial charge in [-0.15, -0.1) is 0 Å². The minimum Gasteiger partial charge on any atom is -0.361 e. The van der Waals surface area contributed by atoms with Crippen molar-refractivity contribution in [1.29, 1.82) is 0 Å². The summed E-state index contributed by atoms with van der Waals surface area (Å²) >= 11 is 0. The Hall–Kier alpha value is -1.40. The van der Waals surface area contributed by atoms with E-state index in [1.807, 2.05) is 13.8 Å². The van der Waals surface area contributed by atoms with Crippen molar-refractivity contribution in [2.24, 2.45) is 0 Å². The Morgan fingerprint density at radius 2 is 1.58 bits per heavy atom. The van der Waals surface area contributed by atoms with Crippen LogP contribution in [0.1, 0.15) is 42.7 Å². The first-order valence-corrected chi connectivity index (χ1v) is 9.27. The molecule has 3 rings (SSSR count). The lowest BCUT2D eigenvalue weighted by Crippen LogP contribution is -2.49. The van der Waals surface area contributed by atoms with E-state index in [2.05, 4.69) is 19.9 Å². The summed E-state index contributed by atoms with van der Waals surface area (Å²) in [6.07, 6.45) is 4.86. The van der Waals surface area contributed by atoms with Gasteiger partial charge in [-0.1, -0.05) is 18.0 Å². The van der Waals surface area contributed by atoms with Crippen molar-refractivity contribution >= 4 is 5.91 Å². The molecule has 0 unspecified atom stereocenters. The van der Waals surface area contributed by atoms with Crippen molar-refractivity contribution in [3.8, 4) is 0 Å². The first kappa shape index (κ1) is 17.4. The highest BCUT2D eigenvalue weighted by molar-refractivity contribution is 5.78. The SMILES string of the molecule is Cc1noc(C)c1CN1CCN(CC(=O)N2CCCCCC2)CC1. The van der Waals surface area contributed by atoms with Crippen LogP contribution >= 0.6 is 0 Å². The van der Waals surface area contributed by atoms with E-state index in [0.717, 1.165) is 70.1 Å². The lowest BCUT2D eigenvalue weighted by atomic mass is 10.2. The third kappa shape index (κ3) is 4.36. The molecule has 0 aromatic carbocycles. The molecular formula is C18H30N4O2. The van der Waals surface area contributed by atoms with Crippen molar-refractivity contribution in [1.82, 2.24) is 19.9 Å². The Morgan fingerprint density at radius 3 is 2.17 bits per heavy atom. The molecule has 2 aliphatic heterocycles. The lowest BCUT2D eigenvalue weighted by molar-refractivity contribution is -0.132. The van der Waals surface area contributed by atoms with Gasteiger partial charge in [0.05, 0.1) is 12.2 Å². The maximum atomic E-state index is 12.5. The highest BCUT2D eigenvalue weighted by Gasteiger charge is 2.23. The summed E-state index contributed by atoms with van der Waals surface area (Å²) in [5.74, 6) is 1.24. The van der Waals surface area contributed by atoms with Gasteiger partial charge >= 0.3 is 0 Å². The van der Waals surface area contributed by atoms with E-state index in [0.29, 0.717) is 12.5 Å². The van der Waals surface area contributed by atoms with E-state index >= 15 is 0 Å². The molecule has 1 aromatic heterocycles. The van der Waals surface area contributed by atoms with E-state index < -0.39 is 0 Å². The summed E-state index contributed by atoms with van der Waals surface area (Å²) < 4.78 is 5.25. The third-order valence-corrected chi connectivity index (χ3v) is 5.35. The number of carbonyl (C=O) groups is 1. The molecule has 0 saturated carbocycles. The molecule has 1 aromatic rings. The molecular weight excluding hydrogens is 304 g/mol. The smallest absolute Gasteiger partial charge is 0.236 e. The molecule has 6 heteroatoms. The fourth-order valence-corrected chi connectivity index (χ4v) is 3.67. The highest BCUT2D eigenvalue weighted by atomic mass is 16.5. The second kappa shape index (κ2) is 8.12. The van der Waals surface area contributed by atoms with Crippen LogP contribution in [0, 0.1) is 13.8 Å². The molecule has 0 N–H and O–H groups in total. The molecule has 0 radical (unpaired) electrons. The van der Waals surface area contributed by atoms with Crippen molar-refractivity contribution in [3.63, 3.8) is 0 Å². The summed E-state index contributed by atoms with van der Waals surface area (Å²) in [6, 6.07) is 0. The largest absolute Gasteiger partial charge is 0.361 e. The van der Waals surface area contributed by atoms with Crippen LogP contribution in [0.3, 0.4) is 0 Å². The molecule has 0 spiro atoms. The standard InChI is InChI=1S/C18H30N4O2/c1-15-17(16(2)24-19-15)13-20-9-11-21(12-10-20)14-18(23)22-7-5-3-4-6-8-22/h3-14H2,1-2H3. The molecule has 1 amide bonds. The van der Waals surface area contributed by atoms with Crippen LogP contribution < -0.4 is 0 Å². The number of hydrogen-bond donors (Lipinski definition) is 0. The number of rotatable bonds is 4. The molecule has 6 nitrogen and oxygen atoms in total. The second-order valence-electron chi connectivity index (χ2n) is 7.15. The Labute approximate surface area is 144 Å². The zero-order valence-corrected chi connectivity index (χ0v) is 15.1. The first-order valence-electron chi connectivity index (χ1n) is 9.27. The van der Waals surface area contributed by atoms with Gasteiger partial charge in [-0.05, 0) is 26.7 Å². The molecule has 0 atom stereocenters. The zero-order valence-electron chi connectivity index (χ0n) is 15.1. The molecule has 2 saturated heterocycles. The van der Waals surface area contributed by atoms with E-state index in [9.17, 15) is 4.79 Å².